The van der Waals surface area contributed by atoms with Crippen LogP contribution in [0.2, 0.25) is 0 Å². The second-order valence-electron chi connectivity index (χ2n) is 6.52. The lowest BCUT2D eigenvalue weighted by Gasteiger charge is -2.13. The largest absolute Gasteiger partial charge is 0.497 e. The second kappa shape index (κ2) is 10.3. The predicted octanol–water partition coefficient (Wildman–Crippen LogP) is 2.64. The highest BCUT2D eigenvalue weighted by molar-refractivity contribution is 5.91. The van der Waals surface area contributed by atoms with Gasteiger partial charge in [0.25, 0.3) is 5.91 Å². The number of amides is 1. The molecule has 152 valence electrons. The lowest BCUT2D eigenvalue weighted by atomic mass is 10.1. The van der Waals surface area contributed by atoms with Gasteiger partial charge in [0.15, 0.2) is 0 Å². The molecule has 29 heavy (non-hydrogen) atoms. The number of hydrogen-bond donors (Lipinski definition) is 2. The zero-order chi connectivity index (χ0) is 20.5. The van der Waals surface area contributed by atoms with Crippen LogP contribution in [0.4, 0.5) is 0 Å². The number of hydrogen-bond acceptors (Lipinski definition) is 6. The Morgan fingerprint density at radius 3 is 2.69 bits per heavy atom. The van der Waals surface area contributed by atoms with Crippen LogP contribution in [0.25, 0.3) is 0 Å². The molecule has 1 amide bonds. The van der Waals surface area contributed by atoms with Crippen molar-refractivity contribution in [2.24, 2.45) is 0 Å². The molecule has 7 heteroatoms. The molecule has 0 spiro atoms. The van der Waals surface area contributed by atoms with Gasteiger partial charge in [-0.3, -0.25) is 4.79 Å². The van der Waals surface area contributed by atoms with Gasteiger partial charge in [-0.25, -0.2) is 0 Å². The first-order valence-corrected chi connectivity index (χ1v) is 9.36. The van der Waals surface area contributed by atoms with Crippen LogP contribution < -0.4 is 14.8 Å². The average Bonchev–Trinajstić information content (AvgIpc) is 3.24. The molecule has 0 fully saturated rings. The van der Waals surface area contributed by atoms with Crippen LogP contribution in [0.1, 0.15) is 21.8 Å². The van der Waals surface area contributed by atoms with E-state index in [9.17, 15) is 9.90 Å². The number of carbonyl (C=O) groups is 1. The Hall–Kier alpha value is -3.32. The van der Waals surface area contributed by atoms with Crippen molar-refractivity contribution >= 4 is 5.91 Å². The summed E-state index contributed by atoms with van der Waals surface area (Å²) in [5, 5.41) is 16.6. The fourth-order valence-corrected chi connectivity index (χ4v) is 2.69. The molecule has 1 atom stereocenters. The first kappa shape index (κ1) is 20.4. The van der Waals surface area contributed by atoms with Crippen molar-refractivity contribution in [2.75, 3.05) is 20.3 Å². The molecular weight excluding hydrogens is 372 g/mol. The molecule has 7 nitrogen and oxygen atoms in total. The highest BCUT2D eigenvalue weighted by Crippen LogP contribution is 2.18. The number of nitrogens with zero attached hydrogens (tertiary/aromatic N) is 1. The zero-order valence-corrected chi connectivity index (χ0v) is 16.2. The number of aromatic nitrogens is 1. The highest BCUT2D eigenvalue weighted by atomic mass is 16.5. The smallest absolute Gasteiger partial charge is 0.289 e. The normalized spacial score (nSPS) is 11.7. The van der Waals surface area contributed by atoms with Crippen LogP contribution in [0, 0.1) is 0 Å². The molecule has 0 aliphatic heterocycles. The van der Waals surface area contributed by atoms with Gasteiger partial charge in [0.05, 0.1) is 12.8 Å². The Bertz CT molecular complexity index is 910. The van der Waals surface area contributed by atoms with E-state index < -0.39 is 12.0 Å². The van der Waals surface area contributed by atoms with Crippen molar-refractivity contribution < 1.29 is 23.9 Å². The average molecular weight is 396 g/mol. The van der Waals surface area contributed by atoms with Crippen LogP contribution in [0.3, 0.4) is 0 Å². The Morgan fingerprint density at radius 1 is 1.10 bits per heavy atom. The van der Waals surface area contributed by atoms with Gasteiger partial charge in [-0.05, 0) is 30.5 Å². The van der Waals surface area contributed by atoms with E-state index in [2.05, 4.69) is 10.5 Å². The Labute approximate surface area is 169 Å². The molecule has 0 aliphatic carbocycles. The van der Waals surface area contributed by atoms with Gasteiger partial charge in [-0.15, -0.1) is 0 Å². The van der Waals surface area contributed by atoms with Gasteiger partial charge in [0.1, 0.15) is 24.2 Å². The van der Waals surface area contributed by atoms with Gasteiger partial charge in [-0.1, -0.05) is 41.6 Å². The first-order valence-electron chi connectivity index (χ1n) is 9.36. The quantitative estimate of drug-likeness (QED) is 0.547. The van der Waals surface area contributed by atoms with Gasteiger partial charge >= 0.3 is 0 Å². The monoisotopic (exact) mass is 396 g/mol. The molecule has 1 unspecified atom stereocenters. The summed E-state index contributed by atoms with van der Waals surface area (Å²) in [6.07, 6.45) is 0.623. The summed E-state index contributed by atoms with van der Waals surface area (Å²) in [6, 6.07) is 18.7. The molecule has 2 aromatic carbocycles. The molecule has 0 radical (unpaired) electrons. The molecule has 0 saturated heterocycles. The van der Waals surface area contributed by atoms with Gasteiger partial charge in [0.2, 0.25) is 5.76 Å². The van der Waals surface area contributed by atoms with Crippen LogP contribution in [-0.4, -0.2) is 42.5 Å². The van der Waals surface area contributed by atoms with Gasteiger partial charge in [-0.2, -0.15) is 0 Å². The summed E-state index contributed by atoms with van der Waals surface area (Å²) in [4.78, 5) is 12.2. The number of rotatable bonds is 10. The minimum absolute atomic E-state index is 0.0306. The summed E-state index contributed by atoms with van der Waals surface area (Å²) in [5.74, 6) is 0.935. The maximum Gasteiger partial charge on any atom is 0.289 e. The number of aliphatic hydroxyl groups is 1. The molecule has 0 saturated carbocycles. The first-order chi connectivity index (χ1) is 14.1. The van der Waals surface area contributed by atoms with Gasteiger partial charge < -0.3 is 24.4 Å². The minimum atomic E-state index is -0.870. The fourth-order valence-electron chi connectivity index (χ4n) is 2.69. The zero-order valence-electron chi connectivity index (χ0n) is 16.2. The number of aliphatic hydroxyl groups excluding tert-OH is 1. The second-order valence-corrected chi connectivity index (χ2v) is 6.52. The van der Waals surface area contributed by atoms with E-state index in [-0.39, 0.29) is 18.9 Å². The third-order valence-electron chi connectivity index (χ3n) is 4.28. The van der Waals surface area contributed by atoms with Crippen molar-refractivity contribution in [1.82, 2.24) is 10.5 Å². The van der Waals surface area contributed by atoms with E-state index >= 15 is 0 Å². The number of aryl methyl sites for hydroxylation is 2. The van der Waals surface area contributed by atoms with Crippen LogP contribution in [-0.2, 0) is 12.8 Å². The molecule has 2 N–H and O–H groups in total. The van der Waals surface area contributed by atoms with E-state index in [0.29, 0.717) is 23.6 Å². The number of benzene rings is 2. The Balaban J connectivity index is 1.41. The van der Waals surface area contributed by atoms with E-state index in [1.54, 1.807) is 37.4 Å². The molecule has 1 aromatic heterocycles. The third kappa shape index (κ3) is 6.36. The number of nitrogens with one attached hydrogen (secondary N) is 1. The summed E-state index contributed by atoms with van der Waals surface area (Å²) >= 11 is 0. The summed E-state index contributed by atoms with van der Waals surface area (Å²) in [7, 11) is 1.57. The van der Waals surface area contributed by atoms with Gasteiger partial charge in [0, 0.05) is 18.7 Å². The van der Waals surface area contributed by atoms with Crippen LogP contribution >= 0.6 is 0 Å². The van der Waals surface area contributed by atoms with E-state index in [4.69, 9.17) is 14.0 Å². The van der Waals surface area contributed by atoms with E-state index in [0.717, 1.165) is 6.42 Å². The topological polar surface area (TPSA) is 93.8 Å². The maximum absolute atomic E-state index is 12.2. The van der Waals surface area contributed by atoms with Crippen molar-refractivity contribution in [2.45, 2.75) is 18.9 Å². The fraction of sp³-hybridized carbons (Fsp3) is 0.273. The van der Waals surface area contributed by atoms with Crippen LogP contribution in [0.15, 0.2) is 65.2 Å². The Morgan fingerprint density at radius 2 is 1.90 bits per heavy atom. The lowest BCUT2D eigenvalue weighted by Crippen LogP contribution is -2.35. The van der Waals surface area contributed by atoms with Crippen molar-refractivity contribution in [3.63, 3.8) is 0 Å². The van der Waals surface area contributed by atoms with E-state index in [1.807, 2.05) is 30.3 Å². The minimum Gasteiger partial charge on any atom is -0.497 e. The summed E-state index contributed by atoms with van der Waals surface area (Å²) < 4.78 is 15.7. The highest BCUT2D eigenvalue weighted by Gasteiger charge is 2.15. The molecule has 0 aliphatic rings. The van der Waals surface area contributed by atoms with Crippen molar-refractivity contribution in [3.05, 3.63) is 77.7 Å². The molecular formula is C22H24N2O5. The number of carbonyl (C=O) groups excluding carboxylic acids is 1. The SMILES string of the molecule is COc1cccc(OCC(O)CNC(=O)c2cc(CCc3ccccc3)no2)c1. The third-order valence-corrected chi connectivity index (χ3v) is 4.28. The number of methoxy groups -OCH3 is 1. The maximum atomic E-state index is 12.2. The molecule has 1 heterocycles. The lowest BCUT2D eigenvalue weighted by molar-refractivity contribution is 0.0814. The molecule has 3 rings (SSSR count). The standard InChI is InChI=1S/C22H24N2O5/c1-27-19-8-5-9-20(13-19)28-15-18(25)14-23-22(26)21-12-17(24-29-21)11-10-16-6-3-2-4-7-16/h2-9,12-13,18,25H,10-11,14-15H2,1H3,(H,23,26). The Kier molecular flexibility index (Phi) is 7.24. The van der Waals surface area contributed by atoms with Crippen molar-refractivity contribution in [3.8, 4) is 11.5 Å². The van der Waals surface area contributed by atoms with E-state index in [1.165, 1.54) is 5.56 Å². The summed E-state index contributed by atoms with van der Waals surface area (Å²) in [6.45, 7) is 0.0645. The number of ether oxygens (including phenoxy) is 2. The molecule has 0 bridgehead atoms. The molecule has 3 aromatic rings. The summed E-state index contributed by atoms with van der Waals surface area (Å²) in [5.41, 5.74) is 1.90. The van der Waals surface area contributed by atoms with Crippen molar-refractivity contribution in [1.29, 1.82) is 0 Å². The predicted molar refractivity (Wildman–Crippen MR) is 107 cm³/mol. The van der Waals surface area contributed by atoms with Crippen LogP contribution in [0.5, 0.6) is 11.5 Å².